The van der Waals surface area contributed by atoms with Crippen LogP contribution in [0, 0.1) is 0 Å². The van der Waals surface area contributed by atoms with E-state index in [9.17, 15) is 0 Å². The van der Waals surface area contributed by atoms with Crippen molar-refractivity contribution in [2.45, 2.75) is 0 Å². The number of hydrogen-bond acceptors (Lipinski definition) is 3. The molecule has 5 nitrogen and oxygen atoms in total. The number of hydrogen-bond donors (Lipinski definition) is 0. The molecule has 0 unspecified atom stereocenters. The molecule has 0 N–H and O–H groups in total. The average Bonchev–Trinajstić information content (AvgIpc) is 3.79. The third-order valence-electron chi connectivity index (χ3n) is 9.74. The van der Waals surface area contributed by atoms with E-state index in [4.69, 9.17) is 15.0 Å². The normalized spacial score (nSPS) is 11.5. The molecule has 52 heavy (non-hydrogen) atoms. The summed E-state index contributed by atoms with van der Waals surface area (Å²) in [5, 5.41) is 3.57. The van der Waals surface area contributed by atoms with Crippen LogP contribution in [0.5, 0.6) is 0 Å². The molecule has 10 aromatic rings. The zero-order chi connectivity index (χ0) is 34.4. The lowest BCUT2D eigenvalue weighted by molar-refractivity contribution is 1.07. The van der Waals surface area contributed by atoms with Crippen LogP contribution in [0.15, 0.2) is 188 Å². The van der Waals surface area contributed by atoms with Crippen molar-refractivity contribution >= 4 is 32.7 Å². The number of aromatic nitrogens is 5. The second kappa shape index (κ2) is 12.3. The van der Waals surface area contributed by atoms with Gasteiger partial charge in [0.05, 0.1) is 22.2 Å². The van der Waals surface area contributed by atoms with Gasteiger partial charge in [0.25, 0.3) is 0 Å². The highest BCUT2D eigenvalue weighted by molar-refractivity contribution is 6.19. The molecule has 10 rings (SSSR count). The van der Waals surface area contributed by atoms with Gasteiger partial charge in [-0.05, 0) is 42.0 Å². The molecule has 0 atom stereocenters. The van der Waals surface area contributed by atoms with Gasteiger partial charge in [0.15, 0.2) is 17.5 Å². The average molecular weight is 666 g/mol. The molecule has 0 bridgehead atoms. The minimum absolute atomic E-state index is 0.625. The van der Waals surface area contributed by atoms with Crippen LogP contribution >= 0.6 is 0 Å². The van der Waals surface area contributed by atoms with E-state index in [-0.39, 0.29) is 0 Å². The molecule has 3 aromatic heterocycles. The summed E-state index contributed by atoms with van der Waals surface area (Å²) in [5.74, 6) is 1.91. The molecule has 3 heterocycles. The van der Waals surface area contributed by atoms with Gasteiger partial charge < -0.3 is 9.13 Å². The minimum Gasteiger partial charge on any atom is -0.307 e. The summed E-state index contributed by atoms with van der Waals surface area (Å²) >= 11 is 0. The Hall–Kier alpha value is -7.11. The number of rotatable bonds is 6. The van der Waals surface area contributed by atoms with Crippen LogP contribution in [0.25, 0.3) is 89.5 Å². The lowest BCUT2D eigenvalue weighted by Gasteiger charge is -2.15. The first-order valence-electron chi connectivity index (χ1n) is 17.5. The van der Waals surface area contributed by atoms with Crippen LogP contribution in [-0.4, -0.2) is 24.1 Å². The lowest BCUT2D eigenvalue weighted by Crippen LogP contribution is -2.02. The lowest BCUT2D eigenvalue weighted by atomic mass is 10.1. The molecule has 0 aliphatic rings. The summed E-state index contributed by atoms with van der Waals surface area (Å²) in [6.07, 6.45) is 0. The minimum atomic E-state index is 0.625. The van der Waals surface area contributed by atoms with E-state index in [1.54, 1.807) is 0 Å². The number of nitrogens with zero attached hydrogens (tertiary/aromatic N) is 5. The molecule has 0 aliphatic heterocycles. The van der Waals surface area contributed by atoms with E-state index < -0.39 is 0 Å². The van der Waals surface area contributed by atoms with Crippen LogP contribution in [0.2, 0.25) is 0 Å². The van der Waals surface area contributed by atoms with Crippen molar-refractivity contribution in [2.24, 2.45) is 0 Å². The first-order chi connectivity index (χ1) is 25.8. The Labute approximate surface area is 300 Å². The monoisotopic (exact) mass is 665 g/mol. The van der Waals surface area contributed by atoms with Crippen LogP contribution < -0.4 is 0 Å². The van der Waals surface area contributed by atoms with E-state index in [1.165, 1.54) is 21.7 Å². The quantitative estimate of drug-likeness (QED) is 0.178. The van der Waals surface area contributed by atoms with Crippen LogP contribution in [0.3, 0.4) is 0 Å². The molecule has 0 saturated heterocycles. The molecule has 244 valence electrons. The molecule has 0 saturated carbocycles. The van der Waals surface area contributed by atoms with Crippen LogP contribution in [-0.2, 0) is 0 Å². The predicted octanol–water partition coefficient (Wildman–Crippen LogP) is 11.6. The van der Waals surface area contributed by atoms with Crippen molar-refractivity contribution in [2.75, 3.05) is 0 Å². The van der Waals surface area contributed by atoms with Gasteiger partial charge in [0.1, 0.15) is 0 Å². The Morgan fingerprint density at radius 3 is 1.50 bits per heavy atom. The fourth-order valence-electron chi connectivity index (χ4n) is 7.40. The van der Waals surface area contributed by atoms with Crippen molar-refractivity contribution in [3.05, 3.63) is 188 Å². The van der Waals surface area contributed by atoms with E-state index in [1.807, 2.05) is 60.7 Å². The maximum absolute atomic E-state index is 5.05. The zero-order valence-corrected chi connectivity index (χ0v) is 28.1. The fraction of sp³-hybridized carbons (Fsp3) is 0. The van der Waals surface area contributed by atoms with Gasteiger partial charge in [-0.1, -0.05) is 152 Å². The van der Waals surface area contributed by atoms with Gasteiger partial charge in [-0.2, -0.15) is 0 Å². The molecule has 0 radical (unpaired) electrons. The smallest absolute Gasteiger partial charge is 0.164 e. The molecule has 7 aromatic carbocycles. The highest BCUT2D eigenvalue weighted by atomic mass is 15.1. The predicted molar refractivity (Wildman–Crippen MR) is 213 cm³/mol. The van der Waals surface area contributed by atoms with Crippen LogP contribution in [0.4, 0.5) is 0 Å². The van der Waals surface area contributed by atoms with Gasteiger partial charge >= 0.3 is 0 Å². The summed E-state index contributed by atoms with van der Waals surface area (Å²) in [7, 11) is 0. The Kier molecular flexibility index (Phi) is 7.07. The summed E-state index contributed by atoms with van der Waals surface area (Å²) in [4.78, 5) is 15.0. The Morgan fingerprint density at radius 2 is 0.846 bits per heavy atom. The van der Waals surface area contributed by atoms with E-state index in [0.717, 1.165) is 50.3 Å². The summed E-state index contributed by atoms with van der Waals surface area (Å²) in [5.41, 5.74) is 10.7. The number of para-hydroxylation sites is 2. The fourth-order valence-corrected chi connectivity index (χ4v) is 7.40. The summed E-state index contributed by atoms with van der Waals surface area (Å²) in [6.45, 7) is 0. The second-order valence-corrected chi connectivity index (χ2v) is 12.9. The number of benzene rings is 7. The van der Waals surface area contributed by atoms with Crippen molar-refractivity contribution < 1.29 is 0 Å². The standard InChI is InChI=1S/C47H31N5/c1-5-16-32(17-6-1)42-31-35-28-29-40-39-26-13-14-27-41(39)52(44(40)43(35)51(42)37-23-11-4-12-24-37)38-25-15-22-36(30-38)47-49-45(33-18-7-2-8-19-33)48-46(50-47)34-20-9-3-10-21-34/h1-31H. The van der Waals surface area contributed by atoms with Crippen molar-refractivity contribution in [1.82, 2.24) is 24.1 Å². The Morgan fingerprint density at radius 1 is 0.327 bits per heavy atom. The van der Waals surface area contributed by atoms with Crippen LogP contribution in [0.1, 0.15) is 0 Å². The van der Waals surface area contributed by atoms with Gasteiger partial charge in [0, 0.05) is 44.2 Å². The zero-order valence-electron chi connectivity index (χ0n) is 28.1. The van der Waals surface area contributed by atoms with Gasteiger partial charge in [0.2, 0.25) is 0 Å². The van der Waals surface area contributed by atoms with Gasteiger partial charge in [-0.3, -0.25) is 0 Å². The van der Waals surface area contributed by atoms with Gasteiger partial charge in [-0.25, -0.2) is 15.0 Å². The first kappa shape index (κ1) is 29.8. The third kappa shape index (κ3) is 4.98. The topological polar surface area (TPSA) is 48.5 Å². The highest BCUT2D eigenvalue weighted by Gasteiger charge is 2.21. The second-order valence-electron chi connectivity index (χ2n) is 12.9. The Balaban J connectivity index is 1.25. The maximum Gasteiger partial charge on any atom is 0.164 e. The van der Waals surface area contributed by atoms with E-state index in [0.29, 0.717) is 17.5 Å². The molecule has 5 heteroatoms. The first-order valence-corrected chi connectivity index (χ1v) is 17.5. The van der Waals surface area contributed by atoms with E-state index >= 15 is 0 Å². The van der Waals surface area contributed by atoms with Crippen molar-refractivity contribution in [3.8, 4) is 56.8 Å². The Bertz CT molecular complexity index is 2820. The molecule has 0 fully saturated rings. The summed E-state index contributed by atoms with van der Waals surface area (Å²) in [6, 6.07) is 65.7. The van der Waals surface area contributed by atoms with E-state index in [2.05, 4.69) is 137 Å². The summed E-state index contributed by atoms with van der Waals surface area (Å²) < 4.78 is 4.82. The highest BCUT2D eigenvalue weighted by Crippen LogP contribution is 2.41. The largest absolute Gasteiger partial charge is 0.307 e. The molecule has 0 amide bonds. The number of fused-ring (bicyclic) bond motifs is 5. The molecule has 0 spiro atoms. The van der Waals surface area contributed by atoms with Gasteiger partial charge in [-0.15, -0.1) is 0 Å². The van der Waals surface area contributed by atoms with Crippen molar-refractivity contribution in [1.29, 1.82) is 0 Å². The molecular weight excluding hydrogens is 635 g/mol. The van der Waals surface area contributed by atoms with Crippen molar-refractivity contribution in [3.63, 3.8) is 0 Å². The molecular formula is C47H31N5. The third-order valence-corrected chi connectivity index (χ3v) is 9.74. The SMILES string of the molecule is c1ccc(-c2nc(-c3ccccc3)nc(-c3cccc(-n4c5ccccc5c5ccc6cc(-c7ccccc7)n(-c7ccccc7)c6c54)c3)n2)cc1. The molecule has 0 aliphatic carbocycles. The maximum atomic E-state index is 5.05.